The summed E-state index contributed by atoms with van der Waals surface area (Å²) in [5, 5.41) is 6.59. The van der Waals surface area contributed by atoms with Crippen LogP contribution < -0.4 is 10.1 Å². The predicted octanol–water partition coefficient (Wildman–Crippen LogP) is 3.20. The molecule has 1 aliphatic rings. The zero-order valence-electron chi connectivity index (χ0n) is 11.3. The van der Waals surface area contributed by atoms with E-state index < -0.39 is 0 Å². The quantitative estimate of drug-likeness (QED) is 0.907. The Morgan fingerprint density at radius 1 is 1.40 bits per heavy atom. The van der Waals surface area contributed by atoms with Crippen molar-refractivity contribution in [3.63, 3.8) is 0 Å². The van der Waals surface area contributed by atoms with Crippen molar-refractivity contribution in [1.29, 1.82) is 0 Å². The Labute approximate surface area is 116 Å². The number of aromatic nitrogens is 1. The van der Waals surface area contributed by atoms with Crippen LogP contribution in [-0.2, 0) is 0 Å². The molecule has 0 unspecified atom stereocenters. The number of rotatable bonds is 5. The Morgan fingerprint density at radius 2 is 2.15 bits per heavy atom. The fraction of sp³-hybridized carbons (Fsp3) is 0.333. The minimum atomic E-state index is -0.259. The second-order valence-electron chi connectivity index (χ2n) is 4.80. The summed E-state index contributed by atoms with van der Waals surface area (Å²) in [6.45, 7) is 2.55. The summed E-state index contributed by atoms with van der Waals surface area (Å²) in [7, 11) is 0. The lowest BCUT2D eigenvalue weighted by atomic mass is 10.2. The van der Waals surface area contributed by atoms with Gasteiger partial charge in [0.25, 0.3) is 5.91 Å². The van der Waals surface area contributed by atoms with Crippen molar-refractivity contribution in [2.45, 2.75) is 25.7 Å². The van der Waals surface area contributed by atoms with Crippen molar-refractivity contribution in [3.05, 3.63) is 41.8 Å². The first-order valence-corrected chi connectivity index (χ1v) is 6.77. The molecule has 1 amide bonds. The van der Waals surface area contributed by atoms with Gasteiger partial charge in [0.1, 0.15) is 11.5 Å². The number of carbonyl (C=O) groups excluding carboxylic acids is 1. The minimum Gasteiger partial charge on any atom is -0.494 e. The smallest absolute Gasteiger partial charge is 0.277 e. The fourth-order valence-electron chi connectivity index (χ4n) is 1.95. The first-order valence-electron chi connectivity index (χ1n) is 6.77. The van der Waals surface area contributed by atoms with Crippen molar-refractivity contribution < 1.29 is 14.1 Å². The van der Waals surface area contributed by atoms with E-state index in [1.165, 1.54) is 0 Å². The molecule has 1 aliphatic carbocycles. The summed E-state index contributed by atoms with van der Waals surface area (Å²) in [5.41, 5.74) is 1.02. The zero-order valence-corrected chi connectivity index (χ0v) is 11.3. The molecule has 1 aromatic carbocycles. The summed E-state index contributed by atoms with van der Waals surface area (Å²) >= 11 is 0. The van der Waals surface area contributed by atoms with E-state index in [4.69, 9.17) is 9.26 Å². The molecule has 0 bridgehead atoms. The molecule has 104 valence electrons. The molecule has 1 fully saturated rings. The Balaban J connectivity index is 1.64. The van der Waals surface area contributed by atoms with Crippen LogP contribution in [0.25, 0.3) is 0 Å². The molecule has 0 aliphatic heterocycles. The standard InChI is InChI=1S/C15H16N2O3/c1-2-19-12-7-5-11(6-8-12)16-15(18)13-9-14(20-17-13)10-3-4-10/h5-10H,2-4H2,1H3,(H,16,18). The van der Waals surface area contributed by atoms with Crippen LogP contribution in [0.1, 0.15) is 41.9 Å². The summed E-state index contributed by atoms with van der Waals surface area (Å²) in [4.78, 5) is 12.0. The van der Waals surface area contributed by atoms with Gasteiger partial charge in [-0.05, 0) is 44.0 Å². The summed E-state index contributed by atoms with van der Waals surface area (Å²) < 4.78 is 10.5. The fourth-order valence-corrected chi connectivity index (χ4v) is 1.95. The van der Waals surface area contributed by atoms with Gasteiger partial charge in [0, 0.05) is 17.7 Å². The second kappa shape index (κ2) is 5.36. The van der Waals surface area contributed by atoms with Crippen molar-refractivity contribution in [1.82, 2.24) is 5.16 Å². The first kappa shape index (κ1) is 12.7. The van der Waals surface area contributed by atoms with Crippen LogP contribution in [0.4, 0.5) is 5.69 Å². The van der Waals surface area contributed by atoms with Crippen molar-refractivity contribution in [2.24, 2.45) is 0 Å². The number of anilines is 1. The molecule has 5 nitrogen and oxygen atoms in total. The number of benzene rings is 1. The molecule has 1 N–H and O–H groups in total. The van der Waals surface area contributed by atoms with Crippen molar-refractivity contribution >= 4 is 11.6 Å². The lowest BCUT2D eigenvalue weighted by molar-refractivity contribution is 0.101. The van der Waals surface area contributed by atoms with Crippen molar-refractivity contribution in [3.8, 4) is 5.75 Å². The maximum absolute atomic E-state index is 12.0. The van der Waals surface area contributed by atoms with Crippen LogP contribution in [0.5, 0.6) is 5.75 Å². The maximum atomic E-state index is 12.0. The van der Waals surface area contributed by atoms with E-state index in [0.29, 0.717) is 23.9 Å². The Kier molecular flexibility index (Phi) is 3.41. The van der Waals surface area contributed by atoms with Gasteiger partial charge in [-0.1, -0.05) is 5.16 Å². The topological polar surface area (TPSA) is 64.4 Å². The van der Waals surface area contributed by atoms with E-state index in [9.17, 15) is 4.79 Å². The normalized spacial score (nSPS) is 14.1. The van der Waals surface area contributed by atoms with E-state index in [1.807, 2.05) is 19.1 Å². The monoisotopic (exact) mass is 272 g/mol. The number of nitrogens with zero attached hydrogens (tertiary/aromatic N) is 1. The molecule has 20 heavy (non-hydrogen) atoms. The van der Waals surface area contributed by atoms with E-state index in [-0.39, 0.29) is 5.91 Å². The van der Waals surface area contributed by atoms with E-state index in [1.54, 1.807) is 18.2 Å². The van der Waals surface area contributed by atoms with Crippen LogP contribution in [0.3, 0.4) is 0 Å². The number of carbonyl (C=O) groups is 1. The van der Waals surface area contributed by atoms with E-state index >= 15 is 0 Å². The highest BCUT2D eigenvalue weighted by Gasteiger charge is 2.28. The highest BCUT2D eigenvalue weighted by Crippen LogP contribution is 2.40. The molecule has 1 saturated carbocycles. The van der Waals surface area contributed by atoms with Gasteiger partial charge in [-0.15, -0.1) is 0 Å². The zero-order chi connectivity index (χ0) is 13.9. The third-order valence-electron chi connectivity index (χ3n) is 3.16. The van der Waals surface area contributed by atoms with E-state index in [0.717, 1.165) is 24.4 Å². The van der Waals surface area contributed by atoms with Crippen LogP contribution in [0.2, 0.25) is 0 Å². The highest BCUT2D eigenvalue weighted by atomic mass is 16.5. The van der Waals surface area contributed by atoms with Crippen molar-refractivity contribution in [2.75, 3.05) is 11.9 Å². The van der Waals surface area contributed by atoms with Gasteiger partial charge < -0.3 is 14.6 Å². The number of hydrogen-bond acceptors (Lipinski definition) is 4. The second-order valence-corrected chi connectivity index (χ2v) is 4.80. The molecule has 0 atom stereocenters. The average Bonchev–Trinajstić information content (AvgIpc) is 3.19. The Hall–Kier alpha value is -2.30. The molecule has 0 saturated heterocycles. The van der Waals surface area contributed by atoms with Gasteiger partial charge in [0.15, 0.2) is 5.69 Å². The number of hydrogen-bond donors (Lipinski definition) is 1. The van der Waals surface area contributed by atoms with Gasteiger partial charge in [0.05, 0.1) is 6.61 Å². The first-order chi connectivity index (χ1) is 9.76. The number of ether oxygens (including phenoxy) is 1. The van der Waals surface area contributed by atoms with Gasteiger partial charge >= 0.3 is 0 Å². The molecule has 0 radical (unpaired) electrons. The Morgan fingerprint density at radius 3 is 2.80 bits per heavy atom. The largest absolute Gasteiger partial charge is 0.494 e. The highest BCUT2D eigenvalue weighted by molar-refractivity contribution is 6.02. The number of amides is 1. The summed E-state index contributed by atoms with van der Waals surface area (Å²) in [6.07, 6.45) is 2.24. The SMILES string of the molecule is CCOc1ccc(NC(=O)c2cc(C3CC3)on2)cc1. The third kappa shape index (κ3) is 2.82. The lowest BCUT2D eigenvalue weighted by Crippen LogP contribution is -2.12. The van der Waals surface area contributed by atoms with Gasteiger partial charge in [0.2, 0.25) is 0 Å². The predicted molar refractivity (Wildman–Crippen MR) is 74.0 cm³/mol. The molecule has 3 rings (SSSR count). The summed E-state index contributed by atoms with van der Waals surface area (Å²) in [5.74, 6) is 1.78. The van der Waals surface area contributed by atoms with Gasteiger partial charge in [-0.25, -0.2) is 0 Å². The molecular weight excluding hydrogens is 256 g/mol. The van der Waals surface area contributed by atoms with Gasteiger partial charge in [-0.2, -0.15) is 0 Å². The maximum Gasteiger partial charge on any atom is 0.277 e. The summed E-state index contributed by atoms with van der Waals surface area (Å²) in [6, 6.07) is 8.95. The minimum absolute atomic E-state index is 0.259. The Bertz CT molecular complexity index is 600. The molecule has 5 heteroatoms. The molecule has 0 spiro atoms. The molecule has 1 heterocycles. The number of nitrogens with one attached hydrogen (secondary N) is 1. The third-order valence-corrected chi connectivity index (χ3v) is 3.16. The molecule has 1 aromatic heterocycles. The molecule has 2 aromatic rings. The average molecular weight is 272 g/mol. The lowest BCUT2D eigenvalue weighted by Gasteiger charge is -2.05. The van der Waals surface area contributed by atoms with Crippen LogP contribution in [0, 0.1) is 0 Å². The van der Waals surface area contributed by atoms with Crippen LogP contribution in [-0.4, -0.2) is 17.7 Å². The van der Waals surface area contributed by atoms with Crippen LogP contribution >= 0.6 is 0 Å². The van der Waals surface area contributed by atoms with E-state index in [2.05, 4.69) is 10.5 Å². The van der Waals surface area contributed by atoms with Crippen LogP contribution in [0.15, 0.2) is 34.9 Å². The van der Waals surface area contributed by atoms with Gasteiger partial charge in [-0.3, -0.25) is 4.79 Å². The molecular formula is C15H16N2O3.